The molecule has 0 aliphatic carbocycles. The number of hydrogen-bond acceptors (Lipinski definition) is 2. The molecular weight excluding hydrogens is 374 g/mol. The predicted octanol–water partition coefficient (Wildman–Crippen LogP) is 6.34. The van der Waals surface area contributed by atoms with E-state index in [-0.39, 0.29) is 63.4 Å². The van der Waals surface area contributed by atoms with Gasteiger partial charge in [0.1, 0.15) is 0 Å². The fourth-order valence-corrected chi connectivity index (χ4v) is 3.91. The van der Waals surface area contributed by atoms with Gasteiger partial charge in [-0.2, -0.15) is 0 Å². The Morgan fingerprint density at radius 1 is 0.769 bits per heavy atom. The Labute approximate surface area is 205 Å². The van der Waals surface area contributed by atoms with Gasteiger partial charge in [-0.3, -0.25) is 4.52 Å². The van der Waals surface area contributed by atoms with Crippen molar-refractivity contribution in [3.63, 3.8) is 0 Å². The molecule has 0 saturated heterocycles. The van der Waals surface area contributed by atoms with E-state index in [1.807, 2.05) is 13.8 Å². The van der Waals surface area contributed by atoms with Crippen molar-refractivity contribution < 1.29 is 18.9 Å². The maximum absolute atomic E-state index is 11.1. The summed E-state index contributed by atoms with van der Waals surface area (Å²) in [6, 6.07) is 0. The molecule has 0 radical (unpaired) electrons. The Bertz CT molecular complexity index is 336. The van der Waals surface area contributed by atoms with Crippen LogP contribution in [0.15, 0.2) is 0 Å². The van der Waals surface area contributed by atoms with Crippen molar-refractivity contribution in [3.8, 4) is 0 Å². The summed E-state index contributed by atoms with van der Waals surface area (Å²) in [4.78, 5) is 18.1. The van der Waals surface area contributed by atoms with Gasteiger partial charge in [0.2, 0.25) is 0 Å². The van der Waals surface area contributed by atoms with Gasteiger partial charge in [0, 0.05) is 0 Å². The van der Waals surface area contributed by atoms with Crippen LogP contribution in [0.1, 0.15) is 117 Å². The van der Waals surface area contributed by atoms with E-state index in [1.54, 1.807) is 0 Å². The zero-order chi connectivity index (χ0) is 19.0. The standard InChI is InChI=1S/C20H43O4P.K.H/c1-4-6-7-8-9-10-11-12-13-14-15-16-17-18-20(19(3)5-2)24-25(21,22)23;;/h19-20H,4-18H2,1-3H3,(H2,21,22,23);;. The van der Waals surface area contributed by atoms with E-state index in [0.717, 1.165) is 25.7 Å². The van der Waals surface area contributed by atoms with Crippen LogP contribution in [0, 0.1) is 5.92 Å². The van der Waals surface area contributed by atoms with Crippen LogP contribution < -0.4 is 0 Å². The molecule has 2 atom stereocenters. The zero-order valence-corrected chi connectivity index (χ0v) is 17.8. The van der Waals surface area contributed by atoms with Gasteiger partial charge in [-0.25, -0.2) is 4.57 Å². The van der Waals surface area contributed by atoms with Crippen molar-refractivity contribution in [1.82, 2.24) is 0 Å². The van der Waals surface area contributed by atoms with E-state index in [0.29, 0.717) is 0 Å². The summed E-state index contributed by atoms with van der Waals surface area (Å²) in [5.41, 5.74) is 0. The fourth-order valence-electron chi connectivity index (χ4n) is 3.24. The quantitative estimate of drug-likeness (QED) is 0.155. The van der Waals surface area contributed by atoms with Gasteiger partial charge in [-0.1, -0.05) is 111 Å². The molecule has 154 valence electrons. The molecule has 4 nitrogen and oxygen atoms in total. The Hall–Kier alpha value is 1.75. The van der Waals surface area contributed by atoms with Crippen LogP contribution in [-0.4, -0.2) is 67.3 Å². The minimum absolute atomic E-state index is 0. The predicted molar refractivity (Wildman–Crippen MR) is 114 cm³/mol. The van der Waals surface area contributed by atoms with E-state index in [9.17, 15) is 4.57 Å². The third-order valence-corrected chi connectivity index (χ3v) is 5.69. The molecule has 0 saturated carbocycles. The normalized spacial score (nSPS) is 14.0. The number of hydrogen-bond donors (Lipinski definition) is 2. The summed E-state index contributed by atoms with van der Waals surface area (Å²) >= 11 is 0. The average molecular weight is 419 g/mol. The second kappa shape index (κ2) is 20.0. The van der Waals surface area contributed by atoms with Crippen LogP contribution >= 0.6 is 7.82 Å². The van der Waals surface area contributed by atoms with Crippen molar-refractivity contribution >= 4 is 59.2 Å². The van der Waals surface area contributed by atoms with Crippen molar-refractivity contribution in [2.24, 2.45) is 5.92 Å². The first-order valence-corrected chi connectivity index (χ1v) is 12.2. The molecule has 0 aromatic heterocycles. The van der Waals surface area contributed by atoms with Crippen molar-refractivity contribution in [3.05, 3.63) is 0 Å². The Kier molecular flexibility index (Phi) is 23.1. The van der Waals surface area contributed by atoms with Crippen LogP contribution in [0.4, 0.5) is 0 Å². The second-order valence-electron chi connectivity index (χ2n) is 7.55. The molecule has 0 aromatic rings. The monoisotopic (exact) mass is 418 g/mol. The van der Waals surface area contributed by atoms with Gasteiger partial charge in [0.25, 0.3) is 0 Å². The molecule has 26 heavy (non-hydrogen) atoms. The van der Waals surface area contributed by atoms with Crippen LogP contribution in [0.3, 0.4) is 0 Å². The van der Waals surface area contributed by atoms with Crippen molar-refractivity contribution in [2.45, 2.75) is 123 Å². The van der Waals surface area contributed by atoms with Crippen LogP contribution in [0.5, 0.6) is 0 Å². The molecule has 0 spiro atoms. The molecule has 0 aliphatic rings. The average Bonchev–Trinajstić information content (AvgIpc) is 2.56. The van der Waals surface area contributed by atoms with Crippen molar-refractivity contribution in [2.75, 3.05) is 0 Å². The zero-order valence-electron chi connectivity index (χ0n) is 16.9. The minimum atomic E-state index is -4.38. The van der Waals surface area contributed by atoms with Gasteiger partial charge < -0.3 is 9.79 Å². The molecule has 0 heterocycles. The molecule has 0 fully saturated rings. The Balaban J connectivity index is 0. The Morgan fingerprint density at radius 3 is 1.50 bits per heavy atom. The summed E-state index contributed by atoms with van der Waals surface area (Å²) in [5, 5.41) is 0. The molecule has 2 N–H and O–H groups in total. The second-order valence-corrected chi connectivity index (χ2v) is 8.74. The number of rotatable bonds is 18. The first kappa shape index (κ1) is 29.9. The summed E-state index contributed by atoms with van der Waals surface area (Å²) in [6.45, 7) is 6.29. The van der Waals surface area contributed by atoms with Crippen LogP contribution in [-0.2, 0) is 9.09 Å². The maximum atomic E-state index is 11.1. The number of phosphoric ester groups is 1. The molecule has 0 amide bonds. The molecule has 0 aromatic carbocycles. The van der Waals surface area contributed by atoms with Gasteiger partial charge in [-0.15, -0.1) is 0 Å². The van der Waals surface area contributed by atoms with Crippen molar-refractivity contribution in [1.29, 1.82) is 0 Å². The van der Waals surface area contributed by atoms with Gasteiger partial charge in [0.05, 0.1) is 6.10 Å². The summed E-state index contributed by atoms with van der Waals surface area (Å²) < 4.78 is 16.0. The third-order valence-electron chi connectivity index (χ3n) is 5.14. The van der Waals surface area contributed by atoms with E-state index in [4.69, 9.17) is 14.3 Å². The van der Waals surface area contributed by atoms with E-state index < -0.39 is 7.82 Å². The summed E-state index contributed by atoms with van der Waals surface area (Å²) in [7, 11) is -4.38. The van der Waals surface area contributed by atoms with Crippen LogP contribution in [0.25, 0.3) is 0 Å². The molecule has 0 rings (SSSR count). The SMILES string of the molecule is CCCCCCCCCCCCCCCC(OP(=O)(O)O)C(C)CC.[KH]. The van der Waals surface area contributed by atoms with Crippen LogP contribution in [0.2, 0.25) is 0 Å². The number of phosphoric acid groups is 1. The molecule has 0 aliphatic heterocycles. The molecule has 2 unspecified atom stereocenters. The third kappa shape index (κ3) is 20.5. The summed E-state index contributed by atoms with van der Waals surface area (Å²) in [5.74, 6) is 0.185. The molecular formula is C20H44KO4P. The Morgan fingerprint density at radius 2 is 1.15 bits per heavy atom. The molecule has 0 bridgehead atoms. The van der Waals surface area contributed by atoms with Gasteiger partial charge >= 0.3 is 59.2 Å². The topological polar surface area (TPSA) is 66.8 Å². The molecule has 6 heteroatoms. The first-order chi connectivity index (χ1) is 11.9. The van der Waals surface area contributed by atoms with E-state index in [2.05, 4.69) is 6.92 Å². The van der Waals surface area contributed by atoms with Gasteiger partial charge in [0.15, 0.2) is 0 Å². The van der Waals surface area contributed by atoms with Gasteiger partial charge in [-0.05, 0) is 12.3 Å². The number of unbranched alkanes of at least 4 members (excludes halogenated alkanes) is 12. The fraction of sp³-hybridized carbons (Fsp3) is 1.00. The van der Waals surface area contributed by atoms with E-state index >= 15 is 0 Å². The summed E-state index contributed by atoms with van der Waals surface area (Å²) in [6.07, 6.45) is 18.3. The first-order valence-electron chi connectivity index (χ1n) is 10.6. The van der Waals surface area contributed by atoms with E-state index in [1.165, 1.54) is 70.6 Å².